The largest absolute Gasteiger partial charge is 0.491 e. The first kappa shape index (κ1) is 14.7. The molecule has 0 atom stereocenters. The molecule has 0 saturated carbocycles. The molecule has 0 aliphatic rings. The number of anilines is 1. The van der Waals surface area contributed by atoms with Crippen LogP contribution in [0.5, 0.6) is 5.75 Å². The van der Waals surface area contributed by atoms with Crippen molar-refractivity contribution in [2.45, 2.75) is 20.4 Å². The summed E-state index contributed by atoms with van der Waals surface area (Å²) in [5, 5.41) is 4.06. The molecular weight excluding hydrogens is 346 g/mol. The molecule has 0 spiro atoms. The Kier molecular flexibility index (Phi) is 5.13. The van der Waals surface area contributed by atoms with E-state index in [4.69, 9.17) is 16.3 Å². The molecule has 0 aliphatic carbocycles. The van der Waals surface area contributed by atoms with Crippen molar-refractivity contribution in [1.29, 1.82) is 0 Å². The van der Waals surface area contributed by atoms with E-state index in [1.54, 1.807) is 11.3 Å². The number of benzene rings is 1. The Morgan fingerprint density at radius 3 is 2.79 bits per heavy atom. The van der Waals surface area contributed by atoms with Gasteiger partial charge in [0.1, 0.15) is 0 Å². The van der Waals surface area contributed by atoms with Gasteiger partial charge in [-0.15, -0.1) is 11.3 Å². The zero-order valence-corrected chi connectivity index (χ0v) is 14.0. The van der Waals surface area contributed by atoms with E-state index in [9.17, 15) is 0 Å². The van der Waals surface area contributed by atoms with Crippen molar-refractivity contribution in [2.75, 3.05) is 11.9 Å². The molecule has 1 N–H and O–H groups in total. The van der Waals surface area contributed by atoms with Crippen LogP contribution in [-0.4, -0.2) is 6.61 Å². The second kappa shape index (κ2) is 6.64. The van der Waals surface area contributed by atoms with Crippen LogP contribution < -0.4 is 10.1 Å². The predicted octanol–water partition coefficient (Wildman–Crippen LogP) is 5.48. The summed E-state index contributed by atoms with van der Waals surface area (Å²) in [6.45, 7) is 5.46. The average Bonchev–Trinajstić information content (AvgIpc) is 2.76. The van der Waals surface area contributed by atoms with Crippen molar-refractivity contribution < 1.29 is 4.74 Å². The minimum Gasteiger partial charge on any atom is -0.491 e. The standard InChI is InChI=1S/C14H15BrClNOS/c1-3-18-14-12(15)6-10(16)7-13(14)17-8-11-5-4-9(2)19-11/h4-7,17H,3,8H2,1-2H3. The summed E-state index contributed by atoms with van der Waals surface area (Å²) >= 11 is 11.4. The maximum atomic E-state index is 6.09. The van der Waals surface area contributed by atoms with E-state index in [0.717, 1.165) is 22.5 Å². The summed E-state index contributed by atoms with van der Waals surface area (Å²) in [5.41, 5.74) is 0.910. The van der Waals surface area contributed by atoms with E-state index in [2.05, 4.69) is 40.3 Å². The van der Waals surface area contributed by atoms with Crippen LogP contribution in [-0.2, 0) is 6.54 Å². The van der Waals surface area contributed by atoms with E-state index >= 15 is 0 Å². The molecule has 19 heavy (non-hydrogen) atoms. The van der Waals surface area contributed by atoms with Crippen LogP contribution in [0.1, 0.15) is 16.7 Å². The van der Waals surface area contributed by atoms with Gasteiger partial charge in [0.05, 0.1) is 16.8 Å². The Morgan fingerprint density at radius 1 is 1.37 bits per heavy atom. The highest BCUT2D eigenvalue weighted by Crippen LogP contribution is 2.37. The van der Waals surface area contributed by atoms with Gasteiger partial charge in [0.2, 0.25) is 0 Å². The lowest BCUT2D eigenvalue weighted by Crippen LogP contribution is -2.02. The summed E-state index contributed by atoms with van der Waals surface area (Å²) in [4.78, 5) is 2.60. The summed E-state index contributed by atoms with van der Waals surface area (Å²) < 4.78 is 6.52. The molecule has 1 aromatic carbocycles. The molecule has 2 nitrogen and oxygen atoms in total. The van der Waals surface area contributed by atoms with Gasteiger partial charge in [-0.2, -0.15) is 0 Å². The molecule has 2 aromatic rings. The van der Waals surface area contributed by atoms with E-state index in [0.29, 0.717) is 11.6 Å². The molecule has 0 fully saturated rings. The monoisotopic (exact) mass is 359 g/mol. The fourth-order valence-electron chi connectivity index (χ4n) is 1.75. The molecule has 5 heteroatoms. The van der Waals surface area contributed by atoms with Crippen molar-refractivity contribution in [3.05, 3.63) is 43.5 Å². The van der Waals surface area contributed by atoms with Crippen LogP contribution in [0.15, 0.2) is 28.7 Å². The predicted molar refractivity (Wildman–Crippen MR) is 86.7 cm³/mol. The molecule has 1 aromatic heterocycles. The van der Waals surface area contributed by atoms with Gasteiger partial charge in [-0.05, 0) is 54.0 Å². The van der Waals surface area contributed by atoms with Gasteiger partial charge < -0.3 is 10.1 Å². The number of halogens is 2. The lowest BCUT2D eigenvalue weighted by molar-refractivity contribution is 0.339. The highest BCUT2D eigenvalue weighted by atomic mass is 79.9. The van der Waals surface area contributed by atoms with Crippen LogP contribution >= 0.6 is 38.9 Å². The van der Waals surface area contributed by atoms with Gasteiger partial charge in [-0.3, -0.25) is 0 Å². The van der Waals surface area contributed by atoms with E-state index in [1.165, 1.54) is 9.75 Å². The molecule has 0 unspecified atom stereocenters. The van der Waals surface area contributed by atoms with Crippen LogP contribution in [0.4, 0.5) is 5.69 Å². The second-order valence-electron chi connectivity index (χ2n) is 4.06. The molecule has 0 amide bonds. The minimum absolute atomic E-state index is 0.618. The van der Waals surface area contributed by atoms with Crippen LogP contribution in [0.3, 0.4) is 0 Å². The van der Waals surface area contributed by atoms with Crippen LogP contribution in [0, 0.1) is 6.92 Å². The molecular formula is C14H15BrClNOS. The third-order valence-electron chi connectivity index (χ3n) is 2.55. The van der Waals surface area contributed by atoms with E-state index < -0.39 is 0 Å². The highest BCUT2D eigenvalue weighted by Gasteiger charge is 2.10. The van der Waals surface area contributed by atoms with E-state index in [-0.39, 0.29) is 0 Å². The Bertz CT molecular complexity index is 571. The Morgan fingerprint density at radius 2 is 2.16 bits per heavy atom. The van der Waals surface area contributed by atoms with Crippen molar-refractivity contribution in [3.63, 3.8) is 0 Å². The number of thiophene rings is 1. The van der Waals surface area contributed by atoms with Crippen molar-refractivity contribution >= 4 is 44.6 Å². The smallest absolute Gasteiger partial charge is 0.156 e. The van der Waals surface area contributed by atoms with Gasteiger partial charge in [0.25, 0.3) is 0 Å². The zero-order valence-electron chi connectivity index (χ0n) is 10.8. The van der Waals surface area contributed by atoms with Gasteiger partial charge in [0, 0.05) is 21.3 Å². The topological polar surface area (TPSA) is 21.3 Å². The Hall–Kier alpha value is -0.710. The van der Waals surface area contributed by atoms with Gasteiger partial charge >= 0.3 is 0 Å². The zero-order chi connectivity index (χ0) is 13.8. The summed E-state index contributed by atoms with van der Waals surface area (Å²) in [6, 6.07) is 7.98. The molecule has 0 saturated heterocycles. The van der Waals surface area contributed by atoms with Gasteiger partial charge in [-0.25, -0.2) is 0 Å². The quantitative estimate of drug-likeness (QED) is 0.762. The fourth-order valence-corrected chi connectivity index (χ4v) is 3.50. The first-order valence-electron chi connectivity index (χ1n) is 6.01. The number of hydrogen-bond donors (Lipinski definition) is 1. The number of nitrogens with one attached hydrogen (secondary N) is 1. The lowest BCUT2D eigenvalue weighted by atomic mass is 10.3. The molecule has 0 radical (unpaired) electrons. The van der Waals surface area contributed by atoms with E-state index in [1.807, 2.05) is 19.1 Å². The number of hydrogen-bond acceptors (Lipinski definition) is 3. The molecule has 1 heterocycles. The summed E-state index contributed by atoms with van der Waals surface area (Å²) in [6.07, 6.45) is 0. The third kappa shape index (κ3) is 3.88. The van der Waals surface area contributed by atoms with Crippen molar-refractivity contribution in [1.82, 2.24) is 0 Å². The maximum absolute atomic E-state index is 6.09. The maximum Gasteiger partial charge on any atom is 0.156 e. The number of rotatable bonds is 5. The lowest BCUT2D eigenvalue weighted by Gasteiger charge is -2.14. The minimum atomic E-state index is 0.618. The SMILES string of the molecule is CCOc1c(Br)cc(Cl)cc1NCc1ccc(C)s1. The first-order chi connectivity index (χ1) is 9.10. The fraction of sp³-hybridized carbons (Fsp3) is 0.286. The molecule has 0 bridgehead atoms. The Labute approximate surface area is 130 Å². The number of aryl methyl sites for hydroxylation is 1. The van der Waals surface area contributed by atoms with Crippen LogP contribution in [0.2, 0.25) is 5.02 Å². The highest BCUT2D eigenvalue weighted by molar-refractivity contribution is 9.10. The molecule has 2 rings (SSSR count). The third-order valence-corrected chi connectivity index (χ3v) is 4.35. The van der Waals surface area contributed by atoms with Gasteiger partial charge in [0.15, 0.2) is 5.75 Å². The summed E-state index contributed by atoms with van der Waals surface area (Å²) in [7, 11) is 0. The molecule has 0 aliphatic heterocycles. The number of ether oxygens (including phenoxy) is 1. The summed E-state index contributed by atoms with van der Waals surface area (Å²) in [5.74, 6) is 0.806. The second-order valence-corrected chi connectivity index (χ2v) is 6.73. The average molecular weight is 361 g/mol. The molecule has 102 valence electrons. The van der Waals surface area contributed by atoms with Gasteiger partial charge in [-0.1, -0.05) is 11.6 Å². The van der Waals surface area contributed by atoms with Crippen molar-refractivity contribution in [2.24, 2.45) is 0 Å². The van der Waals surface area contributed by atoms with Crippen LogP contribution in [0.25, 0.3) is 0 Å². The normalized spacial score (nSPS) is 10.5. The van der Waals surface area contributed by atoms with Crippen molar-refractivity contribution in [3.8, 4) is 5.75 Å². The first-order valence-corrected chi connectivity index (χ1v) is 8.00. The Balaban J connectivity index is 2.18.